The van der Waals surface area contributed by atoms with Gasteiger partial charge in [0.2, 0.25) is 0 Å². The number of rotatable bonds is 8. The van der Waals surface area contributed by atoms with Gasteiger partial charge in [-0.05, 0) is 61.0 Å². The lowest BCUT2D eigenvalue weighted by molar-refractivity contribution is -0.164. The summed E-state index contributed by atoms with van der Waals surface area (Å²) in [7, 11) is 0. The molecule has 2 saturated heterocycles. The van der Waals surface area contributed by atoms with Crippen molar-refractivity contribution in [2.75, 3.05) is 44.3 Å². The lowest BCUT2D eigenvalue weighted by Gasteiger charge is -2.35. The molecular weight excluding hydrogens is 569 g/mol. The number of halogens is 2. The molecule has 3 N–H and O–H groups in total. The van der Waals surface area contributed by atoms with E-state index in [4.69, 9.17) is 37.4 Å². The summed E-state index contributed by atoms with van der Waals surface area (Å²) in [5, 5.41) is 16.3. The molecule has 12 heteroatoms. The first kappa shape index (κ1) is 29.0. The second kappa shape index (κ2) is 13.0. The Hall–Kier alpha value is -3.54. The number of hydrazone groups is 1. The Kier molecular flexibility index (Phi) is 9.16. The number of nitrogens with zero attached hydrogens (tertiary/aromatic N) is 3. The number of phenolic OH excluding ortho intramolecular Hbond substituents is 1. The Labute approximate surface area is 248 Å². The van der Waals surface area contributed by atoms with Crippen LogP contribution in [0.15, 0.2) is 71.8 Å². The topological polar surface area (TPSA) is 108 Å². The first-order chi connectivity index (χ1) is 19.8. The quantitative estimate of drug-likeness (QED) is 0.253. The largest absolute Gasteiger partial charge is 0.508 e. The minimum atomic E-state index is -0.961. The number of benzene rings is 3. The number of anilines is 1. The van der Waals surface area contributed by atoms with Crippen molar-refractivity contribution in [3.8, 4) is 11.5 Å². The second-order valence-corrected chi connectivity index (χ2v) is 10.6. The molecule has 10 nitrogen and oxygen atoms in total. The van der Waals surface area contributed by atoms with Crippen LogP contribution in [-0.4, -0.2) is 67.9 Å². The highest BCUT2D eigenvalue weighted by Gasteiger charge is 2.40. The molecule has 2 aliphatic rings. The fourth-order valence-corrected chi connectivity index (χ4v) is 5.26. The van der Waals surface area contributed by atoms with Gasteiger partial charge < -0.3 is 24.2 Å². The van der Waals surface area contributed by atoms with Gasteiger partial charge in [0.15, 0.2) is 5.79 Å². The van der Waals surface area contributed by atoms with Crippen molar-refractivity contribution in [2.45, 2.75) is 18.8 Å². The average molecular weight is 601 g/mol. The molecule has 0 aromatic heterocycles. The highest BCUT2D eigenvalue weighted by Crippen LogP contribution is 2.38. The molecule has 0 radical (unpaired) electrons. The van der Waals surface area contributed by atoms with Crippen LogP contribution in [-0.2, 0) is 15.3 Å². The van der Waals surface area contributed by atoms with Gasteiger partial charge in [0.05, 0.1) is 17.8 Å². The zero-order valence-corrected chi connectivity index (χ0v) is 23.9. The van der Waals surface area contributed by atoms with Gasteiger partial charge in [-0.15, -0.1) is 0 Å². The molecule has 5 rings (SSSR count). The van der Waals surface area contributed by atoms with Crippen molar-refractivity contribution in [3.63, 3.8) is 0 Å². The third-order valence-corrected chi connectivity index (χ3v) is 7.33. The molecule has 2 fully saturated rings. The van der Waals surface area contributed by atoms with Crippen LogP contribution >= 0.6 is 23.2 Å². The highest BCUT2D eigenvalue weighted by atomic mass is 35.5. The maximum absolute atomic E-state index is 12.2. The van der Waals surface area contributed by atoms with Crippen molar-refractivity contribution < 1.29 is 24.1 Å². The molecule has 0 unspecified atom stereocenters. The number of amides is 2. The van der Waals surface area contributed by atoms with Gasteiger partial charge in [0.25, 0.3) is 0 Å². The molecule has 3 aromatic rings. The van der Waals surface area contributed by atoms with Crippen molar-refractivity contribution in [1.29, 1.82) is 0 Å². The summed E-state index contributed by atoms with van der Waals surface area (Å²) in [4.78, 5) is 14.4. The second-order valence-electron chi connectivity index (χ2n) is 9.81. The first-order valence-corrected chi connectivity index (χ1v) is 13.9. The Morgan fingerprint density at radius 3 is 2.63 bits per heavy atom. The summed E-state index contributed by atoms with van der Waals surface area (Å²) in [6.45, 7) is 5.34. The van der Waals surface area contributed by atoms with Gasteiger partial charge in [0.1, 0.15) is 24.2 Å². The van der Waals surface area contributed by atoms with Crippen LogP contribution in [0.2, 0.25) is 10.0 Å². The molecule has 0 bridgehead atoms. The number of ether oxygens (including phenoxy) is 3. The smallest absolute Gasteiger partial charge is 0.349 e. The van der Waals surface area contributed by atoms with Gasteiger partial charge in [-0.1, -0.05) is 41.4 Å². The van der Waals surface area contributed by atoms with Gasteiger partial charge in [-0.3, -0.25) is 5.43 Å². The molecule has 2 amide bonds. The Bertz CT molecular complexity index is 1380. The van der Waals surface area contributed by atoms with Crippen molar-refractivity contribution in [2.24, 2.45) is 5.10 Å². The molecule has 41 heavy (non-hydrogen) atoms. The maximum atomic E-state index is 12.2. The Balaban J connectivity index is 1.03. The molecule has 0 aliphatic carbocycles. The van der Waals surface area contributed by atoms with Crippen LogP contribution in [0.25, 0.3) is 0 Å². The lowest BCUT2D eigenvalue weighted by Crippen LogP contribution is -2.55. The predicted octanol–water partition coefficient (Wildman–Crippen LogP) is 4.74. The van der Waals surface area contributed by atoms with Gasteiger partial charge in [0, 0.05) is 42.5 Å². The van der Waals surface area contributed by atoms with E-state index in [1.54, 1.807) is 36.4 Å². The number of urea groups is 1. The molecule has 0 spiro atoms. The standard InChI is InChI=1S/C29H31Cl2N5O5/c1-29(26-10-5-21(30)16-27(26)31)40-19-25(41-29)18-39-24-8-6-22(7-9-24)35-11-13-36(14-12-35)34-28(38)33-32-17-20-3-2-4-23(37)15-20/h2-10,15-17,25,37H,11-14,18-19H2,1H3,(H2,33,34,38)/t25-,29+/m1/s1. The highest BCUT2D eigenvalue weighted by molar-refractivity contribution is 6.35. The third kappa shape index (κ3) is 7.60. The van der Waals surface area contributed by atoms with Crippen molar-refractivity contribution in [1.82, 2.24) is 15.9 Å². The van der Waals surface area contributed by atoms with Gasteiger partial charge in [-0.2, -0.15) is 5.10 Å². The summed E-state index contributed by atoms with van der Waals surface area (Å²) < 4.78 is 18.1. The number of piperazine rings is 1. The molecule has 3 aromatic carbocycles. The first-order valence-electron chi connectivity index (χ1n) is 13.2. The molecule has 2 heterocycles. The van der Waals surface area contributed by atoms with Crippen LogP contribution in [0.3, 0.4) is 0 Å². The predicted molar refractivity (Wildman–Crippen MR) is 158 cm³/mol. The van der Waals surface area contributed by atoms with E-state index in [1.807, 2.05) is 42.3 Å². The lowest BCUT2D eigenvalue weighted by atomic mass is 10.1. The van der Waals surface area contributed by atoms with Crippen LogP contribution < -0.4 is 20.5 Å². The number of carbonyl (C=O) groups is 1. The van der Waals surface area contributed by atoms with Crippen molar-refractivity contribution >= 4 is 41.1 Å². The zero-order valence-electron chi connectivity index (χ0n) is 22.4. The molecule has 2 aliphatic heterocycles. The van der Waals surface area contributed by atoms with Gasteiger partial charge >= 0.3 is 6.03 Å². The number of aromatic hydroxyl groups is 1. The Morgan fingerprint density at radius 1 is 1.12 bits per heavy atom. The number of hydrogen-bond acceptors (Lipinski definition) is 8. The van der Waals surface area contributed by atoms with Crippen LogP contribution in [0.4, 0.5) is 10.5 Å². The molecular formula is C29H31Cl2N5O5. The van der Waals surface area contributed by atoms with Crippen LogP contribution in [0.5, 0.6) is 11.5 Å². The van der Waals surface area contributed by atoms with Crippen LogP contribution in [0, 0.1) is 0 Å². The summed E-state index contributed by atoms with van der Waals surface area (Å²) in [6.07, 6.45) is 1.22. The number of hydrogen-bond donors (Lipinski definition) is 3. The minimum absolute atomic E-state index is 0.136. The summed E-state index contributed by atoms with van der Waals surface area (Å²) >= 11 is 12.4. The summed E-state index contributed by atoms with van der Waals surface area (Å²) in [6, 6.07) is 19.3. The molecule has 216 valence electrons. The van der Waals surface area contributed by atoms with E-state index in [9.17, 15) is 9.90 Å². The minimum Gasteiger partial charge on any atom is -0.508 e. The zero-order chi connectivity index (χ0) is 28.8. The number of nitrogens with one attached hydrogen (secondary N) is 2. The van der Waals surface area contributed by atoms with Crippen molar-refractivity contribution in [3.05, 3.63) is 87.9 Å². The van der Waals surface area contributed by atoms with Gasteiger partial charge in [-0.25, -0.2) is 15.2 Å². The fourth-order valence-electron chi connectivity index (χ4n) is 4.68. The van der Waals surface area contributed by atoms with E-state index >= 15 is 0 Å². The summed E-state index contributed by atoms with van der Waals surface area (Å²) in [5.74, 6) is -0.0901. The van der Waals surface area contributed by atoms with E-state index in [-0.39, 0.29) is 11.9 Å². The maximum Gasteiger partial charge on any atom is 0.349 e. The Morgan fingerprint density at radius 2 is 1.90 bits per heavy atom. The normalized spacial score (nSPS) is 21.2. The number of hydrazine groups is 1. The number of phenols is 1. The monoisotopic (exact) mass is 599 g/mol. The third-order valence-electron chi connectivity index (χ3n) is 6.78. The van der Waals surface area contributed by atoms with E-state index in [1.165, 1.54) is 6.21 Å². The average Bonchev–Trinajstić information content (AvgIpc) is 3.34. The molecule has 0 saturated carbocycles. The van der Waals surface area contributed by atoms with E-state index < -0.39 is 11.8 Å². The van der Waals surface area contributed by atoms with E-state index in [2.05, 4.69) is 20.9 Å². The fraction of sp³-hybridized carbons (Fsp3) is 0.310. The SMILES string of the molecule is C[C@]1(c2ccc(Cl)cc2Cl)OC[C@@H](COc2ccc(N3CCN(NC(=O)NN=Cc4cccc(O)c4)CC3)cc2)O1. The van der Waals surface area contributed by atoms with E-state index in [0.717, 1.165) is 30.1 Å². The number of carbonyl (C=O) groups excluding carboxylic acids is 1. The molecule has 2 atom stereocenters. The van der Waals surface area contributed by atoms with Crippen LogP contribution in [0.1, 0.15) is 18.1 Å². The van der Waals surface area contributed by atoms with E-state index in [0.29, 0.717) is 41.9 Å². The summed E-state index contributed by atoms with van der Waals surface area (Å²) in [5.41, 5.74) is 7.72.